The highest BCUT2D eigenvalue weighted by Crippen LogP contribution is 2.40. The highest BCUT2D eigenvalue weighted by Gasteiger charge is 2.46. The SMILES string of the molecule is CCOC(=O)c1ccc(CN2C(=O)C(=O)/C(=C(/O)c3ccc(Cl)cc3)C2c2ccccc2)cc1. The summed E-state index contributed by atoms with van der Waals surface area (Å²) in [6, 6.07) is 21.4. The van der Waals surface area contributed by atoms with Crippen LogP contribution in [-0.2, 0) is 20.9 Å². The predicted octanol–water partition coefficient (Wildman–Crippen LogP) is 5.14. The van der Waals surface area contributed by atoms with Crippen molar-refractivity contribution in [2.45, 2.75) is 19.5 Å². The van der Waals surface area contributed by atoms with Crippen LogP contribution in [0.15, 0.2) is 84.4 Å². The molecule has 1 aliphatic rings. The van der Waals surface area contributed by atoms with Crippen LogP contribution in [0.25, 0.3) is 5.76 Å². The molecular weight excluding hydrogens is 454 g/mol. The summed E-state index contributed by atoms with van der Waals surface area (Å²) >= 11 is 5.96. The summed E-state index contributed by atoms with van der Waals surface area (Å²) in [6.07, 6.45) is 0. The Kier molecular flexibility index (Phi) is 6.80. The molecule has 1 saturated heterocycles. The first-order chi connectivity index (χ1) is 16.4. The standard InChI is InChI=1S/C27H22ClNO5/c1-2-34-27(33)20-10-8-17(9-11-20)16-29-23(18-6-4-3-5-7-18)22(25(31)26(29)32)24(30)19-12-14-21(28)15-13-19/h3-15,23,30H,2,16H2,1H3/b24-22+. The maximum absolute atomic E-state index is 13.1. The average Bonchev–Trinajstić information content (AvgIpc) is 3.10. The molecule has 6 nitrogen and oxygen atoms in total. The number of carbonyl (C=O) groups excluding carboxylic acids is 3. The smallest absolute Gasteiger partial charge is 0.338 e. The van der Waals surface area contributed by atoms with E-state index in [1.165, 1.54) is 4.90 Å². The number of aliphatic hydroxyl groups is 1. The van der Waals surface area contributed by atoms with Crippen molar-refractivity contribution in [3.8, 4) is 0 Å². The van der Waals surface area contributed by atoms with Crippen molar-refractivity contribution in [2.75, 3.05) is 6.61 Å². The lowest BCUT2D eigenvalue weighted by Gasteiger charge is -2.25. The molecule has 1 N–H and O–H groups in total. The first kappa shape index (κ1) is 23.3. The van der Waals surface area contributed by atoms with Gasteiger partial charge in [0, 0.05) is 17.1 Å². The fourth-order valence-corrected chi connectivity index (χ4v) is 4.07. The summed E-state index contributed by atoms with van der Waals surface area (Å²) in [4.78, 5) is 39.5. The zero-order valence-electron chi connectivity index (χ0n) is 18.4. The zero-order chi connectivity index (χ0) is 24.2. The number of halogens is 1. The van der Waals surface area contributed by atoms with Crippen LogP contribution < -0.4 is 0 Å². The van der Waals surface area contributed by atoms with Gasteiger partial charge in [0.2, 0.25) is 0 Å². The molecule has 1 amide bonds. The normalized spacial score (nSPS) is 17.1. The maximum Gasteiger partial charge on any atom is 0.338 e. The van der Waals surface area contributed by atoms with Gasteiger partial charge in [-0.25, -0.2) is 4.79 Å². The number of amides is 1. The van der Waals surface area contributed by atoms with Crippen molar-refractivity contribution in [1.29, 1.82) is 0 Å². The molecule has 1 atom stereocenters. The lowest BCUT2D eigenvalue weighted by Crippen LogP contribution is -2.29. The van der Waals surface area contributed by atoms with E-state index in [0.29, 0.717) is 21.7 Å². The van der Waals surface area contributed by atoms with Gasteiger partial charge < -0.3 is 14.7 Å². The van der Waals surface area contributed by atoms with Crippen LogP contribution in [0.1, 0.15) is 40.0 Å². The van der Waals surface area contributed by atoms with Gasteiger partial charge in [0.15, 0.2) is 0 Å². The Morgan fingerprint density at radius 1 is 0.941 bits per heavy atom. The molecule has 4 rings (SSSR count). The predicted molar refractivity (Wildman–Crippen MR) is 128 cm³/mol. The minimum absolute atomic E-state index is 0.0154. The molecule has 172 valence electrons. The van der Waals surface area contributed by atoms with Crippen LogP contribution in [0, 0.1) is 0 Å². The van der Waals surface area contributed by atoms with E-state index in [9.17, 15) is 19.5 Å². The minimum Gasteiger partial charge on any atom is -0.507 e. The van der Waals surface area contributed by atoms with Crippen LogP contribution in [0.5, 0.6) is 0 Å². The van der Waals surface area contributed by atoms with E-state index in [0.717, 1.165) is 5.56 Å². The summed E-state index contributed by atoms with van der Waals surface area (Å²) in [7, 11) is 0. The molecule has 3 aromatic carbocycles. The molecule has 1 aliphatic heterocycles. The number of hydrogen-bond donors (Lipinski definition) is 1. The van der Waals surface area contributed by atoms with E-state index < -0.39 is 23.7 Å². The summed E-state index contributed by atoms with van der Waals surface area (Å²) in [6.45, 7) is 2.12. The molecule has 1 fully saturated rings. The number of ether oxygens (including phenoxy) is 1. The van der Waals surface area contributed by atoms with Crippen LogP contribution >= 0.6 is 11.6 Å². The minimum atomic E-state index is -0.776. The maximum atomic E-state index is 13.1. The molecule has 3 aromatic rings. The quantitative estimate of drug-likeness (QED) is 0.231. The molecular formula is C27H22ClNO5. The molecule has 34 heavy (non-hydrogen) atoms. The summed E-state index contributed by atoms with van der Waals surface area (Å²) < 4.78 is 5.01. The van der Waals surface area contributed by atoms with Gasteiger partial charge in [-0.2, -0.15) is 0 Å². The molecule has 0 aromatic heterocycles. The van der Waals surface area contributed by atoms with E-state index >= 15 is 0 Å². The van der Waals surface area contributed by atoms with Gasteiger partial charge in [-0.3, -0.25) is 9.59 Å². The Bertz CT molecular complexity index is 1250. The van der Waals surface area contributed by atoms with Gasteiger partial charge in [0.05, 0.1) is 23.8 Å². The number of benzene rings is 3. The van der Waals surface area contributed by atoms with E-state index in [1.807, 2.05) is 30.3 Å². The molecule has 0 saturated carbocycles. The lowest BCUT2D eigenvalue weighted by molar-refractivity contribution is -0.140. The second kappa shape index (κ2) is 9.93. The van der Waals surface area contributed by atoms with Gasteiger partial charge >= 0.3 is 5.97 Å². The zero-order valence-corrected chi connectivity index (χ0v) is 19.2. The number of nitrogens with zero attached hydrogens (tertiary/aromatic N) is 1. The van der Waals surface area contributed by atoms with Gasteiger partial charge in [-0.1, -0.05) is 54.1 Å². The van der Waals surface area contributed by atoms with Gasteiger partial charge in [-0.15, -0.1) is 0 Å². The molecule has 1 heterocycles. The fourth-order valence-electron chi connectivity index (χ4n) is 3.95. The van der Waals surface area contributed by atoms with Crippen LogP contribution in [0.3, 0.4) is 0 Å². The first-order valence-corrected chi connectivity index (χ1v) is 11.1. The van der Waals surface area contributed by atoms with E-state index in [4.69, 9.17) is 16.3 Å². The number of ketones is 1. The van der Waals surface area contributed by atoms with Crippen molar-refractivity contribution in [3.05, 3.63) is 112 Å². The third-order valence-corrected chi connectivity index (χ3v) is 5.84. The van der Waals surface area contributed by atoms with Gasteiger partial charge in [0.1, 0.15) is 5.76 Å². The largest absolute Gasteiger partial charge is 0.507 e. The number of Topliss-reactive ketones (excluding diaryl/α,β-unsaturated/α-hetero) is 1. The molecule has 0 spiro atoms. The lowest BCUT2D eigenvalue weighted by atomic mass is 9.95. The molecule has 0 bridgehead atoms. The number of esters is 1. The highest BCUT2D eigenvalue weighted by atomic mass is 35.5. The summed E-state index contributed by atoms with van der Waals surface area (Å²) in [5.41, 5.74) is 2.22. The number of carbonyl (C=O) groups is 3. The monoisotopic (exact) mass is 475 g/mol. The number of hydrogen-bond acceptors (Lipinski definition) is 5. The van der Waals surface area contributed by atoms with Gasteiger partial charge in [-0.05, 0) is 54.4 Å². The van der Waals surface area contributed by atoms with E-state index in [-0.39, 0.29) is 24.5 Å². The Hall–Kier alpha value is -3.90. The van der Waals surface area contributed by atoms with Crippen molar-refractivity contribution < 1.29 is 24.2 Å². The Labute approximate surface area is 202 Å². The summed E-state index contributed by atoms with van der Waals surface area (Å²) in [5, 5.41) is 11.5. The fraction of sp³-hybridized carbons (Fsp3) is 0.148. The molecule has 0 aliphatic carbocycles. The van der Waals surface area contributed by atoms with Crippen molar-refractivity contribution in [1.82, 2.24) is 4.90 Å². The number of aliphatic hydroxyl groups excluding tert-OH is 1. The van der Waals surface area contributed by atoms with E-state index in [2.05, 4.69) is 0 Å². The van der Waals surface area contributed by atoms with Crippen molar-refractivity contribution in [2.24, 2.45) is 0 Å². The third kappa shape index (κ3) is 4.58. The van der Waals surface area contributed by atoms with Crippen molar-refractivity contribution >= 4 is 35.0 Å². The van der Waals surface area contributed by atoms with Crippen LogP contribution in [-0.4, -0.2) is 34.3 Å². The molecule has 0 radical (unpaired) electrons. The molecule has 7 heteroatoms. The van der Waals surface area contributed by atoms with Gasteiger partial charge in [0.25, 0.3) is 11.7 Å². The summed E-state index contributed by atoms with van der Waals surface area (Å²) in [5.74, 6) is -2.16. The second-order valence-corrected chi connectivity index (χ2v) is 8.20. The Morgan fingerprint density at radius 3 is 2.18 bits per heavy atom. The van der Waals surface area contributed by atoms with Crippen molar-refractivity contribution in [3.63, 3.8) is 0 Å². The second-order valence-electron chi connectivity index (χ2n) is 7.76. The Morgan fingerprint density at radius 2 is 1.56 bits per heavy atom. The van der Waals surface area contributed by atoms with Crippen LogP contribution in [0.2, 0.25) is 5.02 Å². The first-order valence-electron chi connectivity index (χ1n) is 10.8. The third-order valence-electron chi connectivity index (χ3n) is 5.59. The molecule has 1 unspecified atom stereocenters. The van der Waals surface area contributed by atoms with E-state index in [1.54, 1.807) is 55.5 Å². The number of likely N-dealkylation sites (tertiary alicyclic amines) is 1. The highest BCUT2D eigenvalue weighted by molar-refractivity contribution is 6.46. The number of rotatable bonds is 6. The van der Waals surface area contributed by atoms with Crippen LogP contribution in [0.4, 0.5) is 0 Å². The Balaban J connectivity index is 1.74. The average molecular weight is 476 g/mol. The topological polar surface area (TPSA) is 83.9 Å².